The van der Waals surface area contributed by atoms with E-state index in [1.807, 2.05) is 39.8 Å². The molecule has 208 valence electrons. The molecule has 39 heavy (non-hydrogen) atoms. The Kier molecular flexibility index (Phi) is 6.28. The highest BCUT2D eigenvalue weighted by atomic mass is 16.6. The van der Waals surface area contributed by atoms with Crippen molar-refractivity contribution < 1.29 is 34.0 Å². The molecule has 0 unspecified atom stereocenters. The van der Waals surface area contributed by atoms with Gasteiger partial charge in [-0.25, -0.2) is 0 Å². The molecular weight excluding hydrogens is 498 g/mol. The number of Topliss-reactive ketones (excluding diaryl/α,β-unsaturated/α-hetero) is 2. The van der Waals surface area contributed by atoms with Crippen LogP contribution < -0.4 is 4.74 Å². The Balaban J connectivity index is 1.55. The summed E-state index contributed by atoms with van der Waals surface area (Å²) in [7, 11) is 0. The van der Waals surface area contributed by atoms with Gasteiger partial charge in [-0.1, -0.05) is 29.4 Å². The first-order valence-electron chi connectivity index (χ1n) is 13.9. The highest BCUT2D eigenvalue weighted by Crippen LogP contribution is 2.65. The lowest BCUT2D eigenvalue weighted by Gasteiger charge is -2.59. The van der Waals surface area contributed by atoms with E-state index in [0.29, 0.717) is 50.3 Å². The molecule has 7 rings (SSSR count). The third-order valence-electron chi connectivity index (χ3n) is 9.22. The minimum atomic E-state index is -1.35. The molecule has 1 aromatic carbocycles. The van der Waals surface area contributed by atoms with Gasteiger partial charge in [0, 0.05) is 55.1 Å². The van der Waals surface area contributed by atoms with Crippen LogP contribution >= 0.6 is 0 Å². The molecule has 3 aliphatic carbocycles. The molecule has 6 aliphatic rings. The van der Waals surface area contributed by atoms with Crippen molar-refractivity contribution in [2.75, 3.05) is 39.5 Å². The maximum Gasteiger partial charge on any atom is 0.200 e. The summed E-state index contributed by atoms with van der Waals surface area (Å²) in [5.41, 5.74) is 0.255. The molecule has 1 spiro atoms. The number of hydrogen-bond donors (Lipinski definition) is 2. The SMILES string of the molecule is CC(C)=CCc1c(O)cc(O)c2c1O[C@@]13C(=C[C@H]4C(=O)[C@]1(CC=C(C)C)OC[C@@H]3[C@H]4CN1CCOCC1)C2=O. The van der Waals surface area contributed by atoms with E-state index in [2.05, 4.69) is 4.90 Å². The molecule has 8 heteroatoms. The summed E-state index contributed by atoms with van der Waals surface area (Å²) in [4.78, 5) is 31.0. The second-order valence-corrected chi connectivity index (χ2v) is 12.0. The van der Waals surface area contributed by atoms with Crippen molar-refractivity contribution in [2.24, 2.45) is 17.8 Å². The molecule has 4 bridgehead atoms. The highest BCUT2D eigenvalue weighted by molar-refractivity contribution is 6.18. The number of phenols is 2. The predicted octanol–water partition coefficient (Wildman–Crippen LogP) is 3.75. The quantitative estimate of drug-likeness (QED) is 0.531. The zero-order valence-electron chi connectivity index (χ0n) is 23.1. The molecule has 5 atom stereocenters. The number of fused-ring (bicyclic) bond motifs is 1. The fourth-order valence-corrected chi connectivity index (χ4v) is 7.31. The van der Waals surface area contributed by atoms with E-state index in [-0.39, 0.29) is 46.2 Å². The third kappa shape index (κ3) is 3.68. The summed E-state index contributed by atoms with van der Waals surface area (Å²) in [6.07, 6.45) is 6.33. The zero-order valence-corrected chi connectivity index (χ0v) is 23.1. The Hall–Kier alpha value is -2.94. The molecule has 0 aromatic heterocycles. The number of morpholine rings is 1. The number of ketones is 2. The summed E-state index contributed by atoms with van der Waals surface area (Å²) < 4.78 is 19.0. The van der Waals surface area contributed by atoms with Crippen LogP contribution in [-0.4, -0.2) is 77.3 Å². The number of aromatic hydroxyl groups is 2. The largest absolute Gasteiger partial charge is 0.507 e. The Labute approximate surface area is 228 Å². The molecule has 3 heterocycles. The van der Waals surface area contributed by atoms with E-state index < -0.39 is 17.1 Å². The van der Waals surface area contributed by atoms with Gasteiger partial charge in [0.25, 0.3) is 0 Å². The monoisotopic (exact) mass is 535 g/mol. The Morgan fingerprint density at radius 2 is 1.79 bits per heavy atom. The van der Waals surface area contributed by atoms with Crippen LogP contribution in [0.15, 0.2) is 41.0 Å². The topological polar surface area (TPSA) is 106 Å². The average Bonchev–Trinajstić information content (AvgIpc) is 3.17. The molecule has 3 aliphatic heterocycles. The summed E-state index contributed by atoms with van der Waals surface area (Å²) in [6, 6.07) is 1.21. The van der Waals surface area contributed by atoms with Crippen LogP contribution in [0.1, 0.15) is 50.0 Å². The molecular formula is C31H37NO7. The Morgan fingerprint density at radius 1 is 1.08 bits per heavy atom. The average molecular weight is 536 g/mol. The van der Waals surface area contributed by atoms with Gasteiger partial charge in [0.05, 0.1) is 19.8 Å². The standard InChI is InChI=1S/C31H37NO7/c1-17(2)5-6-19-24(33)14-25(34)26-27(35)22-13-20-21(15-32-9-11-37-12-10-32)23-16-38-30(29(20)36,8-7-18(3)4)31(22,23)39-28(19)26/h5,7,13-14,20-21,23,33-34H,6,8-12,15-16H2,1-4H3/t20-,21+,23-,30+,31-/m1/s1. The fourth-order valence-electron chi connectivity index (χ4n) is 7.31. The molecule has 3 fully saturated rings. The van der Waals surface area contributed by atoms with E-state index >= 15 is 0 Å². The minimum Gasteiger partial charge on any atom is -0.507 e. The first-order valence-corrected chi connectivity index (χ1v) is 13.9. The van der Waals surface area contributed by atoms with Crippen LogP contribution in [0.4, 0.5) is 0 Å². The molecule has 0 radical (unpaired) electrons. The van der Waals surface area contributed by atoms with Crippen molar-refractivity contribution in [3.63, 3.8) is 0 Å². The summed E-state index contributed by atoms with van der Waals surface area (Å²) in [5, 5.41) is 21.7. The number of nitrogens with zero attached hydrogens (tertiary/aromatic N) is 1. The Bertz CT molecular complexity index is 1330. The summed E-state index contributed by atoms with van der Waals surface area (Å²) >= 11 is 0. The lowest BCUT2D eigenvalue weighted by Crippen LogP contribution is -2.74. The van der Waals surface area contributed by atoms with Crippen LogP contribution in [0.2, 0.25) is 0 Å². The second kappa shape index (κ2) is 9.32. The normalized spacial score (nSPS) is 32.7. The van der Waals surface area contributed by atoms with Crippen molar-refractivity contribution in [1.82, 2.24) is 4.90 Å². The number of rotatable bonds is 6. The van der Waals surface area contributed by atoms with Gasteiger partial charge in [0.15, 0.2) is 22.8 Å². The third-order valence-corrected chi connectivity index (χ3v) is 9.22. The van der Waals surface area contributed by atoms with Crippen LogP contribution in [0.3, 0.4) is 0 Å². The lowest BCUT2D eigenvalue weighted by molar-refractivity contribution is -0.171. The van der Waals surface area contributed by atoms with Crippen molar-refractivity contribution in [3.8, 4) is 17.2 Å². The van der Waals surface area contributed by atoms with Gasteiger partial charge in [0.1, 0.15) is 22.8 Å². The highest BCUT2D eigenvalue weighted by Gasteiger charge is 2.79. The van der Waals surface area contributed by atoms with Gasteiger partial charge < -0.3 is 24.4 Å². The first-order chi connectivity index (χ1) is 18.6. The van der Waals surface area contributed by atoms with E-state index in [1.165, 1.54) is 6.07 Å². The number of ether oxygens (including phenoxy) is 3. The molecule has 2 N–H and O–H groups in total. The molecule has 1 saturated carbocycles. The molecule has 2 saturated heterocycles. The van der Waals surface area contributed by atoms with Gasteiger partial charge in [-0.3, -0.25) is 14.5 Å². The number of carbonyl (C=O) groups is 2. The zero-order chi connectivity index (χ0) is 27.7. The van der Waals surface area contributed by atoms with Crippen LogP contribution in [0.25, 0.3) is 0 Å². The van der Waals surface area contributed by atoms with E-state index in [9.17, 15) is 19.8 Å². The van der Waals surface area contributed by atoms with Crippen molar-refractivity contribution >= 4 is 11.6 Å². The number of benzene rings is 1. The van der Waals surface area contributed by atoms with Crippen LogP contribution in [0.5, 0.6) is 17.2 Å². The summed E-state index contributed by atoms with van der Waals surface area (Å²) in [6.45, 7) is 11.7. The lowest BCUT2D eigenvalue weighted by atomic mass is 9.49. The maximum atomic E-state index is 14.4. The second-order valence-electron chi connectivity index (χ2n) is 12.0. The molecule has 8 nitrogen and oxygen atoms in total. The van der Waals surface area contributed by atoms with E-state index in [0.717, 1.165) is 24.2 Å². The van der Waals surface area contributed by atoms with E-state index in [1.54, 1.807) is 6.08 Å². The molecule has 0 amide bonds. The molecule has 1 aromatic rings. The van der Waals surface area contributed by atoms with Crippen molar-refractivity contribution in [2.45, 2.75) is 51.7 Å². The van der Waals surface area contributed by atoms with Crippen molar-refractivity contribution in [1.29, 1.82) is 0 Å². The van der Waals surface area contributed by atoms with E-state index in [4.69, 9.17) is 14.2 Å². The number of allylic oxidation sites excluding steroid dienone is 4. The number of hydrogen-bond acceptors (Lipinski definition) is 8. The maximum absolute atomic E-state index is 14.4. The fraction of sp³-hybridized carbons (Fsp3) is 0.548. The number of phenolic OH excluding ortho intramolecular Hbond substituents is 2. The van der Waals surface area contributed by atoms with Gasteiger partial charge in [-0.05, 0) is 40.0 Å². The minimum absolute atomic E-state index is 0.0447. The van der Waals surface area contributed by atoms with Crippen LogP contribution in [-0.2, 0) is 20.7 Å². The first kappa shape index (κ1) is 26.3. The smallest absolute Gasteiger partial charge is 0.200 e. The van der Waals surface area contributed by atoms with Gasteiger partial charge >= 0.3 is 0 Å². The van der Waals surface area contributed by atoms with Gasteiger partial charge in [-0.2, -0.15) is 0 Å². The predicted molar refractivity (Wildman–Crippen MR) is 144 cm³/mol. The summed E-state index contributed by atoms with van der Waals surface area (Å²) in [5.74, 6) is -1.55. The number of carbonyl (C=O) groups excluding carboxylic acids is 2. The van der Waals surface area contributed by atoms with Crippen molar-refractivity contribution in [3.05, 3.63) is 52.1 Å². The van der Waals surface area contributed by atoms with Gasteiger partial charge in [-0.15, -0.1) is 0 Å². The van der Waals surface area contributed by atoms with Crippen LogP contribution in [0, 0.1) is 17.8 Å². The Morgan fingerprint density at radius 3 is 2.49 bits per heavy atom. The van der Waals surface area contributed by atoms with Gasteiger partial charge in [0.2, 0.25) is 0 Å².